The fourth-order valence-corrected chi connectivity index (χ4v) is 5.04. The molecule has 0 aliphatic heterocycles. The molecule has 13 heteroatoms. The van der Waals surface area contributed by atoms with Crippen LogP contribution in [0, 0.1) is 10.1 Å². The van der Waals surface area contributed by atoms with E-state index in [1.165, 1.54) is 50.8 Å². The summed E-state index contributed by atoms with van der Waals surface area (Å²) in [6, 6.07) is 16.2. The number of carbonyl (C=O) groups excluding carboxylic acids is 1. The van der Waals surface area contributed by atoms with Gasteiger partial charge in [0.1, 0.15) is 23.8 Å². The highest BCUT2D eigenvalue weighted by atomic mass is 32.2. The normalized spacial score (nSPS) is 11.2. The lowest BCUT2D eigenvalue weighted by Gasteiger charge is -2.25. The van der Waals surface area contributed by atoms with Gasteiger partial charge in [-0.05, 0) is 54.4 Å². The molecule has 0 atom stereocenters. The van der Waals surface area contributed by atoms with Crippen molar-refractivity contribution in [3.05, 3.63) is 82.4 Å². The highest BCUT2D eigenvalue weighted by molar-refractivity contribution is 7.93. The first kappa shape index (κ1) is 28.9. The Hall–Kier alpha value is -4.65. The standard InChI is InChI=1S/C26H28N4O8S/c1-4-15-38-20-11-9-19(10-12-20)17-27-28-26(31)18-29(22-14-13-21(36-2)16-24(22)37-3)39(34,35)25-8-6-5-7-23(25)30(32)33/h5-14,16-17H,4,15,18H2,1-3H3,(H,28,31)/b27-17-. The van der Waals surface area contributed by atoms with Gasteiger partial charge in [0, 0.05) is 12.1 Å². The Balaban J connectivity index is 1.91. The third kappa shape index (κ3) is 7.23. The summed E-state index contributed by atoms with van der Waals surface area (Å²) in [5.41, 5.74) is 2.29. The van der Waals surface area contributed by atoms with E-state index < -0.39 is 38.0 Å². The summed E-state index contributed by atoms with van der Waals surface area (Å²) >= 11 is 0. The van der Waals surface area contributed by atoms with Gasteiger partial charge in [0.2, 0.25) is 0 Å². The van der Waals surface area contributed by atoms with Crippen LogP contribution in [0.1, 0.15) is 18.9 Å². The summed E-state index contributed by atoms with van der Waals surface area (Å²) < 4.78 is 44.2. The fraction of sp³-hybridized carbons (Fsp3) is 0.231. The van der Waals surface area contributed by atoms with E-state index in [1.807, 2.05) is 6.92 Å². The smallest absolute Gasteiger partial charge is 0.289 e. The molecule has 1 N–H and O–H groups in total. The van der Waals surface area contributed by atoms with Gasteiger partial charge in [0.15, 0.2) is 4.90 Å². The van der Waals surface area contributed by atoms with Crippen molar-refractivity contribution in [2.24, 2.45) is 5.10 Å². The van der Waals surface area contributed by atoms with Gasteiger partial charge < -0.3 is 14.2 Å². The van der Waals surface area contributed by atoms with Crippen LogP contribution in [0.4, 0.5) is 11.4 Å². The molecule has 3 aromatic rings. The molecule has 0 aromatic heterocycles. The molecule has 12 nitrogen and oxygen atoms in total. The van der Waals surface area contributed by atoms with Crippen LogP contribution < -0.4 is 23.9 Å². The first-order valence-corrected chi connectivity index (χ1v) is 13.2. The molecule has 0 bridgehead atoms. The van der Waals surface area contributed by atoms with E-state index in [0.717, 1.165) is 22.9 Å². The maximum absolute atomic E-state index is 13.7. The Morgan fingerprint density at radius 1 is 1.05 bits per heavy atom. The average molecular weight is 557 g/mol. The van der Waals surface area contributed by atoms with Gasteiger partial charge in [0.25, 0.3) is 21.6 Å². The summed E-state index contributed by atoms with van der Waals surface area (Å²) in [5, 5.41) is 15.5. The maximum atomic E-state index is 13.7. The number of anilines is 1. The zero-order valence-corrected chi connectivity index (χ0v) is 22.4. The number of carbonyl (C=O) groups is 1. The minimum absolute atomic E-state index is 0.0294. The van der Waals surface area contributed by atoms with Crippen molar-refractivity contribution < 1.29 is 32.3 Å². The molecular formula is C26H28N4O8S. The molecule has 0 saturated carbocycles. The number of nitro benzene ring substituents is 1. The largest absolute Gasteiger partial charge is 0.497 e. The predicted octanol–water partition coefficient (Wildman–Crippen LogP) is 3.75. The van der Waals surface area contributed by atoms with E-state index in [2.05, 4.69) is 10.5 Å². The van der Waals surface area contributed by atoms with Crippen LogP contribution in [0.2, 0.25) is 0 Å². The molecule has 3 rings (SSSR count). The molecule has 0 aliphatic rings. The number of para-hydroxylation sites is 1. The Bertz CT molecular complexity index is 1440. The van der Waals surface area contributed by atoms with Crippen molar-refractivity contribution in [3.8, 4) is 17.2 Å². The number of nitrogens with one attached hydrogen (secondary N) is 1. The van der Waals surface area contributed by atoms with Gasteiger partial charge >= 0.3 is 0 Å². The average Bonchev–Trinajstić information content (AvgIpc) is 2.95. The minimum atomic E-state index is -4.62. The number of hydrogen-bond donors (Lipinski definition) is 1. The molecule has 0 saturated heterocycles. The SMILES string of the molecule is CCCOc1ccc(/C=N\NC(=O)CN(c2ccc(OC)cc2OC)S(=O)(=O)c2ccccc2[N+](=O)[O-])cc1. The van der Waals surface area contributed by atoms with Crippen LogP contribution in [0.25, 0.3) is 0 Å². The number of nitrogens with zero attached hydrogens (tertiary/aromatic N) is 3. The third-order valence-corrected chi connectivity index (χ3v) is 7.14. The monoisotopic (exact) mass is 556 g/mol. The van der Waals surface area contributed by atoms with Crippen molar-refractivity contribution in [2.45, 2.75) is 18.2 Å². The molecule has 0 heterocycles. The second kappa shape index (κ2) is 13.2. The number of amides is 1. The summed E-state index contributed by atoms with van der Waals surface area (Å²) in [4.78, 5) is 23.0. The zero-order valence-electron chi connectivity index (χ0n) is 21.6. The molecule has 3 aromatic carbocycles. The van der Waals surface area contributed by atoms with Crippen LogP contribution >= 0.6 is 0 Å². The van der Waals surface area contributed by atoms with E-state index in [-0.39, 0.29) is 11.4 Å². The van der Waals surface area contributed by atoms with Gasteiger partial charge in [-0.1, -0.05) is 19.1 Å². The van der Waals surface area contributed by atoms with Crippen LogP contribution in [0.5, 0.6) is 17.2 Å². The fourth-order valence-electron chi connectivity index (χ4n) is 3.45. The summed E-state index contributed by atoms with van der Waals surface area (Å²) in [6.07, 6.45) is 2.26. The lowest BCUT2D eigenvalue weighted by molar-refractivity contribution is -0.387. The highest BCUT2D eigenvalue weighted by Crippen LogP contribution is 2.37. The van der Waals surface area contributed by atoms with Crippen molar-refractivity contribution in [3.63, 3.8) is 0 Å². The number of sulfonamides is 1. The Morgan fingerprint density at radius 2 is 1.74 bits per heavy atom. The lowest BCUT2D eigenvalue weighted by Crippen LogP contribution is -2.40. The number of nitro groups is 1. The minimum Gasteiger partial charge on any atom is -0.497 e. The quantitative estimate of drug-likeness (QED) is 0.190. The van der Waals surface area contributed by atoms with Crippen molar-refractivity contribution in [1.29, 1.82) is 0 Å². The van der Waals surface area contributed by atoms with Gasteiger partial charge in [-0.25, -0.2) is 13.8 Å². The first-order chi connectivity index (χ1) is 18.7. The second-order valence-corrected chi connectivity index (χ2v) is 9.82. The second-order valence-electron chi connectivity index (χ2n) is 7.98. The summed E-state index contributed by atoms with van der Waals surface area (Å²) in [5.74, 6) is 0.341. The lowest BCUT2D eigenvalue weighted by atomic mass is 10.2. The Kier molecular flexibility index (Phi) is 9.81. The van der Waals surface area contributed by atoms with Crippen LogP contribution in [0.15, 0.2) is 76.7 Å². The molecule has 39 heavy (non-hydrogen) atoms. The van der Waals surface area contributed by atoms with Gasteiger partial charge in [-0.15, -0.1) is 0 Å². The number of rotatable bonds is 13. The van der Waals surface area contributed by atoms with Crippen LogP contribution in [-0.2, 0) is 14.8 Å². The summed E-state index contributed by atoms with van der Waals surface area (Å²) in [6.45, 7) is 1.84. The maximum Gasteiger partial charge on any atom is 0.289 e. The van der Waals surface area contributed by atoms with Crippen LogP contribution in [-0.4, -0.2) is 52.8 Å². The number of ether oxygens (including phenoxy) is 3. The topological polar surface area (TPSA) is 150 Å². The van der Waals surface area contributed by atoms with E-state index >= 15 is 0 Å². The van der Waals surface area contributed by atoms with Crippen LogP contribution in [0.3, 0.4) is 0 Å². The molecular weight excluding hydrogens is 528 g/mol. The number of hydrazone groups is 1. The van der Waals surface area contributed by atoms with E-state index in [9.17, 15) is 23.3 Å². The van der Waals surface area contributed by atoms with Gasteiger partial charge in [-0.2, -0.15) is 5.10 Å². The number of methoxy groups -OCH3 is 2. The zero-order chi connectivity index (χ0) is 28.4. The van der Waals surface area contributed by atoms with Gasteiger partial charge in [-0.3, -0.25) is 19.2 Å². The third-order valence-electron chi connectivity index (χ3n) is 5.33. The summed E-state index contributed by atoms with van der Waals surface area (Å²) in [7, 11) is -1.88. The van der Waals surface area contributed by atoms with E-state index in [4.69, 9.17) is 14.2 Å². The van der Waals surface area contributed by atoms with Crippen molar-refractivity contribution in [2.75, 3.05) is 31.7 Å². The number of benzene rings is 3. The van der Waals surface area contributed by atoms with Crippen molar-refractivity contribution >= 4 is 33.5 Å². The molecule has 0 unspecified atom stereocenters. The Labute approximate surface area is 226 Å². The highest BCUT2D eigenvalue weighted by Gasteiger charge is 2.34. The van der Waals surface area contributed by atoms with E-state index in [1.54, 1.807) is 24.3 Å². The van der Waals surface area contributed by atoms with Gasteiger partial charge in [0.05, 0.1) is 37.7 Å². The molecule has 0 fully saturated rings. The molecule has 0 spiro atoms. The molecule has 0 radical (unpaired) electrons. The molecule has 0 aliphatic carbocycles. The van der Waals surface area contributed by atoms with Crippen molar-refractivity contribution in [1.82, 2.24) is 5.43 Å². The number of hydrogen-bond acceptors (Lipinski definition) is 9. The molecule has 206 valence electrons. The predicted molar refractivity (Wildman–Crippen MR) is 145 cm³/mol. The first-order valence-electron chi connectivity index (χ1n) is 11.7. The Morgan fingerprint density at radius 3 is 2.38 bits per heavy atom. The molecule has 1 amide bonds. The van der Waals surface area contributed by atoms with E-state index in [0.29, 0.717) is 23.7 Å².